The Morgan fingerprint density at radius 1 is 1.24 bits per heavy atom. The van der Waals surface area contributed by atoms with Gasteiger partial charge in [-0.25, -0.2) is 0 Å². The highest BCUT2D eigenvalue weighted by Gasteiger charge is 2.09. The van der Waals surface area contributed by atoms with Crippen molar-refractivity contribution < 1.29 is 14.3 Å². The number of hydrogen-bond donors (Lipinski definition) is 1. The molecule has 110 valence electrons. The minimum atomic E-state index is 0.249. The summed E-state index contributed by atoms with van der Waals surface area (Å²) < 4.78 is 10.4. The molecular weight excluding hydrogens is 264 g/mol. The summed E-state index contributed by atoms with van der Waals surface area (Å²) in [6.07, 6.45) is 9.85. The number of hydrogen-bond acceptors (Lipinski definition) is 3. The molecule has 0 radical (unpaired) electrons. The van der Waals surface area contributed by atoms with E-state index in [0.717, 1.165) is 16.7 Å². The van der Waals surface area contributed by atoms with Crippen molar-refractivity contribution in [3.63, 3.8) is 0 Å². The standard InChI is InChI=1S/C18H20O3/c1-13(2)4-7-16-17(19)10-15(11-18(16)20-3)6-5-14-8-9-21-12-14/h4-6,8-12,19H,7H2,1-3H3/b6-5+. The van der Waals surface area contributed by atoms with E-state index >= 15 is 0 Å². The molecule has 0 bridgehead atoms. The van der Waals surface area contributed by atoms with Crippen molar-refractivity contribution in [1.29, 1.82) is 0 Å². The van der Waals surface area contributed by atoms with E-state index in [9.17, 15) is 5.11 Å². The number of allylic oxidation sites excluding steroid dienone is 2. The van der Waals surface area contributed by atoms with E-state index in [2.05, 4.69) is 6.08 Å². The lowest BCUT2D eigenvalue weighted by molar-refractivity contribution is 0.401. The fraction of sp³-hybridized carbons (Fsp3) is 0.222. The third kappa shape index (κ3) is 4.02. The van der Waals surface area contributed by atoms with E-state index in [-0.39, 0.29) is 5.75 Å². The second-order valence-corrected chi connectivity index (χ2v) is 5.10. The Kier molecular flexibility index (Phi) is 4.88. The summed E-state index contributed by atoms with van der Waals surface area (Å²) in [7, 11) is 1.62. The average molecular weight is 284 g/mol. The summed E-state index contributed by atoms with van der Waals surface area (Å²) in [6, 6.07) is 5.54. The van der Waals surface area contributed by atoms with Gasteiger partial charge in [-0.15, -0.1) is 0 Å². The summed E-state index contributed by atoms with van der Waals surface area (Å²) in [5.41, 5.74) is 3.87. The Balaban J connectivity index is 2.29. The third-order valence-corrected chi connectivity index (χ3v) is 3.15. The van der Waals surface area contributed by atoms with Crippen LogP contribution in [0.1, 0.15) is 30.5 Å². The maximum absolute atomic E-state index is 10.2. The lowest BCUT2D eigenvalue weighted by Crippen LogP contribution is -1.93. The minimum absolute atomic E-state index is 0.249. The molecule has 0 aliphatic carbocycles. The molecule has 3 heteroatoms. The summed E-state index contributed by atoms with van der Waals surface area (Å²) in [4.78, 5) is 0. The van der Waals surface area contributed by atoms with Crippen LogP contribution in [0.4, 0.5) is 0 Å². The summed E-state index contributed by atoms with van der Waals surface area (Å²) in [5.74, 6) is 0.943. The van der Waals surface area contributed by atoms with Crippen LogP contribution in [0.5, 0.6) is 11.5 Å². The summed E-state index contributed by atoms with van der Waals surface area (Å²) >= 11 is 0. The number of furan rings is 1. The maximum Gasteiger partial charge on any atom is 0.126 e. The van der Waals surface area contributed by atoms with Gasteiger partial charge in [0, 0.05) is 11.1 Å². The average Bonchev–Trinajstić information content (AvgIpc) is 2.96. The molecule has 0 atom stereocenters. The summed E-state index contributed by atoms with van der Waals surface area (Å²) in [5, 5.41) is 10.2. The predicted octanol–water partition coefficient (Wildman–Crippen LogP) is 4.67. The summed E-state index contributed by atoms with van der Waals surface area (Å²) in [6.45, 7) is 4.07. The first kappa shape index (κ1) is 15.0. The Bertz CT molecular complexity index is 645. The Morgan fingerprint density at radius 2 is 2.00 bits per heavy atom. The molecule has 1 heterocycles. The number of phenols is 1. The van der Waals surface area contributed by atoms with Crippen LogP contribution in [-0.4, -0.2) is 12.2 Å². The number of rotatable bonds is 5. The highest BCUT2D eigenvalue weighted by molar-refractivity contribution is 5.71. The van der Waals surface area contributed by atoms with Gasteiger partial charge in [-0.05, 0) is 44.0 Å². The topological polar surface area (TPSA) is 42.6 Å². The zero-order valence-corrected chi connectivity index (χ0v) is 12.6. The van der Waals surface area contributed by atoms with Crippen molar-refractivity contribution in [2.45, 2.75) is 20.3 Å². The van der Waals surface area contributed by atoms with Crippen LogP contribution in [-0.2, 0) is 6.42 Å². The molecule has 0 spiro atoms. The Labute approximate surface area is 125 Å². The number of benzene rings is 1. The lowest BCUT2D eigenvalue weighted by atomic mass is 10.0. The molecule has 0 aliphatic rings. The van der Waals surface area contributed by atoms with E-state index in [4.69, 9.17) is 9.15 Å². The first-order valence-electron chi connectivity index (χ1n) is 6.83. The van der Waals surface area contributed by atoms with Crippen LogP contribution in [0.2, 0.25) is 0 Å². The molecule has 0 saturated heterocycles. The van der Waals surface area contributed by atoms with Crippen LogP contribution in [0.25, 0.3) is 12.2 Å². The molecule has 0 amide bonds. The van der Waals surface area contributed by atoms with Crippen molar-refractivity contribution >= 4 is 12.2 Å². The maximum atomic E-state index is 10.2. The number of methoxy groups -OCH3 is 1. The van der Waals surface area contributed by atoms with Gasteiger partial charge in [-0.1, -0.05) is 23.8 Å². The quantitative estimate of drug-likeness (QED) is 0.811. The van der Waals surface area contributed by atoms with Crippen LogP contribution in [0.15, 0.2) is 46.8 Å². The van der Waals surface area contributed by atoms with Gasteiger partial charge in [0.2, 0.25) is 0 Å². The van der Waals surface area contributed by atoms with E-state index in [0.29, 0.717) is 12.2 Å². The van der Waals surface area contributed by atoms with Crippen LogP contribution >= 0.6 is 0 Å². The molecule has 0 aliphatic heterocycles. The van der Waals surface area contributed by atoms with Crippen molar-refractivity contribution in [1.82, 2.24) is 0 Å². The van der Waals surface area contributed by atoms with Crippen LogP contribution < -0.4 is 4.74 Å². The van der Waals surface area contributed by atoms with Gasteiger partial charge < -0.3 is 14.3 Å². The molecular formula is C18H20O3. The van der Waals surface area contributed by atoms with Crippen molar-refractivity contribution in [2.24, 2.45) is 0 Å². The molecule has 2 rings (SSSR count). The minimum Gasteiger partial charge on any atom is -0.507 e. The Hall–Kier alpha value is -2.42. The number of phenolic OH excluding ortho intramolecular Hbond substituents is 1. The molecule has 0 saturated carbocycles. The number of ether oxygens (including phenoxy) is 1. The lowest BCUT2D eigenvalue weighted by Gasteiger charge is -2.10. The van der Waals surface area contributed by atoms with Crippen LogP contribution in [0.3, 0.4) is 0 Å². The first-order valence-corrected chi connectivity index (χ1v) is 6.83. The fourth-order valence-corrected chi connectivity index (χ4v) is 2.00. The molecule has 2 aromatic rings. The molecule has 1 aromatic carbocycles. The van der Waals surface area contributed by atoms with E-state index < -0.39 is 0 Å². The predicted molar refractivity (Wildman–Crippen MR) is 85.4 cm³/mol. The first-order chi connectivity index (χ1) is 10.1. The van der Waals surface area contributed by atoms with Crippen molar-refractivity contribution in [2.75, 3.05) is 7.11 Å². The molecule has 1 aromatic heterocycles. The van der Waals surface area contributed by atoms with E-state index in [1.54, 1.807) is 25.7 Å². The van der Waals surface area contributed by atoms with Gasteiger partial charge in [0.25, 0.3) is 0 Å². The highest BCUT2D eigenvalue weighted by atomic mass is 16.5. The Morgan fingerprint density at radius 3 is 2.62 bits per heavy atom. The number of aromatic hydroxyl groups is 1. The van der Waals surface area contributed by atoms with Gasteiger partial charge in [-0.2, -0.15) is 0 Å². The van der Waals surface area contributed by atoms with Crippen molar-refractivity contribution in [3.05, 3.63) is 59.1 Å². The van der Waals surface area contributed by atoms with Gasteiger partial charge in [0.15, 0.2) is 0 Å². The zero-order valence-electron chi connectivity index (χ0n) is 12.6. The largest absolute Gasteiger partial charge is 0.507 e. The normalized spacial score (nSPS) is 10.8. The zero-order chi connectivity index (χ0) is 15.2. The molecule has 0 fully saturated rings. The van der Waals surface area contributed by atoms with Gasteiger partial charge in [0.05, 0.1) is 19.6 Å². The highest BCUT2D eigenvalue weighted by Crippen LogP contribution is 2.31. The van der Waals surface area contributed by atoms with Crippen molar-refractivity contribution in [3.8, 4) is 11.5 Å². The van der Waals surface area contributed by atoms with Crippen LogP contribution in [0, 0.1) is 0 Å². The van der Waals surface area contributed by atoms with E-state index in [1.807, 2.05) is 38.1 Å². The SMILES string of the molecule is COc1cc(/C=C/c2ccoc2)cc(O)c1CC=C(C)C. The second-order valence-electron chi connectivity index (χ2n) is 5.10. The third-order valence-electron chi connectivity index (χ3n) is 3.15. The van der Waals surface area contributed by atoms with Gasteiger partial charge >= 0.3 is 0 Å². The molecule has 1 N–H and O–H groups in total. The van der Waals surface area contributed by atoms with Gasteiger partial charge in [-0.3, -0.25) is 0 Å². The smallest absolute Gasteiger partial charge is 0.126 e. The fourth-order valence-electron chi connectivity index (χ4n) is 2.00. The van der Waals surface area contributed by atoms with E-state index in [1.165, 1.54) is 5.57 Å². The van der Waals surface area contributed by atoms with Gasteiger partial charge in [0.1, 0.15) is 11.5 Å². The molecule has 0 unspecified atom stereocenters. The monoisotopic (exact) mass is 284 g/mol. The molecule has 21 heavy (non-hydrogen) atoms. The molecule has 3 nitrogen and oxygen atoms in total. The second kappa shape index (κ2) is 6.84.